The molecule has 0 aliphatic carbocycles. The van der Waals surface area contributed by atoms with Crippen molar-refractivity contribution in [1.82, 2.24) is 9.80 Å². The van der Waals surface area contributed by atoms with Gasteiger partial charge in [-0.05, 0) is 14.1 Å². The van der Waals surface area contributed by atoms with Gasteiger partial charge in [-0.1, -0.05) is 0 Å². The van der Waals surface area contributed by atoms with Crippen LogP contribution in [-0.2, 0) is 4.74 Å². The second-order valence-electron chi connectivity index (χ2n) is 3.74. The van der Waals surface area contributed by atoms with Crippen molar-refractivity contribution >= 4 is 6.09 Å². The Kier molecular flexibility index (Phi) is 4.16. The number of amides is 1. The van der Waals surface area contributed by atoms with Crippen molar-refractivity contribution in [1.29, 1.82) is 0 Å². The summed E-state index contributed by atoms with van der Waals surface area (Å²) >= 11 is 0. The summed E-state index contributed by atoms with van der Waals surface area (Å²) in [4.78, 5) is 14.9. The van der Waals surface area contributed by atoms with Crippen LogP contribution in [0, 0.1) is 0 Å². The number of carbonyl (C=O) groups excluding carboxylic acids is 1. The van der Waals surface area contributed by atoms with Crippen molar-refractivity contribution in [3.63, 3.8) is 0 Å². The van der Waals surface area contributed by atoms with E-state index in [0.29, 0.717) is 13.2 Å². The van der Waals surface area contributed by atoms with Gasteiger partial charge in [0.1, 0.15) is 0 Å². The second kappa shape index (κ2) is 5.17. The zero-order valence-electron chi connectivity index (χ0n) is 8.77. The zero-order chi connectivity index (χ0) is 10.6. The number of cyclic esters (lactones) is 1. The standard InChI is InChI=1S/C9H18N2O3/c1-10(2)4-5-11-8(7-12)3-6-14-9(11)13/h8,12H,3-7H2,1-2H3. The van der Waals surface area contributed by atoms with E-state index in [0.717, 1.165) is 13.0 Å². The molecule has 1 atom stereocenters. The first kappa shape index (κ1) is 11.3. The van der Waals surface area contributed by atoms with E-state index in [1.54, 1.807) is 4.90 Å². The van der Waals surface area contributed by atoms with E-state index in [2.05, 4.69) is 0 Å². The summed E-state index contributed by atoms with van der Waals surface area (Å²) in [6.45, 7) is 1.83. The zero-order valence-corrected chi connectivity index (χ0v) is 8.77. The van der Waals surface area contributed by atoms with E-state index in [4.69, 9.17) is 9.84 Å². The predicted octanol–water partition coefficient (Wildman–Crippen LogP) is -0.249. The van der Waals surface area contributed by atoms with Crippen LogP contribution < -0.4 is 0 Å². The Morgan fingerprint density at radius 2 is 2.36 bits per heavy atom. The third-order valence-electron chi connectivity index (χ3n) is 2.35. The molecule has 0 bridgehead atoms. The molecule has 0 aromatic carbocycles. The average Bonchev–Trinajstić information content (AvgIpc) is 2.15. The van der Waals surface area contributed by atoms with Gasteiger partial charge in [0.15, 0.2) is 0 Å². The largest absolute Gasteiger partial charge is 0.449 e. The first-order valence-corrected chi connectivity index (χ1v) is 4.84. The minimum atomic E-state index is -0.308. The SMILES string of the molecule is CN(C)CCN1C(=O)OCCC1CO. The molecule has 0 aromatic heterocycles. The third-order valence-corrected chi connectivity index (χ3v) is 2.35. The van der Waals surface area contributed by atoms with Gasteiger partial charge in [-0.25, -0.2) is 4.79 Å². The molecular formula is C9H18N2O3. The van der Waals surface area contributed by atoms with Crippen molar-refractivity contribution in [2.45, 2.75) is 12.5 Å². The number of aliphatic hydroxyl groups excluding tert-OH is 1. The third kappa shape index (κ3) is 2.85. The van der Waals surface area contributed by atoms with Crippen molar-refractivity contribution in [2.75, 3.05) is 40.4 Å². The van der Waals surface area contributed by atoms with Crippen molar-refractivity contribution < 1.29 is 14.6 Å². The van der Waals surface area contributed by atoms with E-state index < -0.39 is 0 Å². The number of aliphatic hydroxyl groups is 1. The van der Waals surface area contributed by atoms with Gasteiger partial charge in [-0.3, -0.25) is 0 Å². The second-order valence-corrected chi connectivity index (χ2v) is 3.74. The van der Waals surface area contributed by atoms with Crippen LogP contribution in [0.3, 0.4) is 0 Å². The lowest BCUT2D eigenvalue weighted by Gasteiger charge is -2.34. The molecule has 0 saturated carbocycles. The fourth-order valence-corrected chi connectivity index (χ4v) is 1.44. The highest BCUT2D eigenvalue weighted by molar-refractivity contribution is 5.68. The maximum absolute atomic E-state index is 11.4. The fraction of sp³-hybridized carbons (Fsp3) is 0.889. The topological polar surface area (TPSA) is 53.0 Å². The molecule has 1 aliphatic heterocycles. The van der Waals surface area contributed by atoms with Crippen LogP contribution in [-0.4, -0.2) is 67.4 Å². The Bertz CT molecular complexity index is 196. The monoisotopic (exact) mass is 202 g/mol. The first-order chi connectivity index (χ1) is 6.65. The maximum Gasteiger partial charge on any atom is 0.410 e. The van der Waals surface area contributed by atoms with Crippen LogP contribution in [0.4, 0.5) is 4.79 Å². The Balaban J connectivity index is 2.46. The van der Waals surface area contributed by atoms with Gasteiger partial charge >= 0.3 is 6.09 Å². The molecule has 5 heteroatoms. The summed E-state index contributed by atoms with van der Waals surface area (Å²) in [7, 11) is 3.90. The highest BCUT2D eigenvalue weighted by Gasteiger charge is 2.28. The van der Waals surface area contributed by atoms with E-state index in [1.807, 2.05) is 19.0 Å². The number of hydrogen-bond acceptors (Lipinski definition) is 4. The van der Waals surface area contributed by atoms with Crippen LogP contribution in [0.1, 0.15) is 6.42 Å². The van der Waals surface area contributed by atoms with Gasteiger partial charge in [0.25, 0.3) is 0 Å². The number of carbonyl (C=O) groups is 1. The predicted molar refractivity (Wildman–Crippen MR) is 52.1 cm³/mol. The Labute approximate surface area is 84.2 Å². The molecule has 0 radical (unpaired) electrons. The lowest BCUT2D eigenvalue weighted by molar-refractivity contribution is 0.0230. The van der Waals surface area contributed by atoms with Crippen LogP contribution >= 0.6 is 0 Å². The van der Waals surface area contributed by atoms with Gasteiger partial charge < -0.3 is 19.6 Å². The minimum absolute atomic E-state index is 0.0164. The van der Waals surface area contributed by atoms with Crippen molar-refractivity contribution in [3.05, 3.63) is 0 Å². The van der Waals surface area contributed by atoms with Gasteiger partial charge in [0, 0.05) is 19.5 Å². The van der Waals surface area contributed by atoms with Crippen molar-refractivity contribution in [2.24, 2.45) is 0 Å². The highest BCUT2D eigenvalue weighted by atomic mass is 16.6. The molecule has 1 fully saturated rings. The number of nitrogens with zero attached hydrogens (tertiary/aromatic N) is 2. The summed E-state index contributed by atoms with van der Waals surface area (Å²) in [6, 6.07) is -0.0730. The lowest BCUT2D eigenvalue weighted by atomic mass is 10.2. The summed E-state index contributed by atoms with van der Waals surface area (Å²) in [5, 5.41) is 9.08. The van der Waals surface area contributed by atoms with Crippen molar-refractivity contribution in [3.8, 4) is 0 Å². The van der Waals surface area contributed by atoms with Gasteiger partial charge in [0.05, 0.1) is 19.3 Å². The van der Waals surface area contributed by atoms with Gasteiger partial charge in [-0.2, -0.15) is 0 Å². The van der Waals surface area contributed by atoms with E-state index >= 15 is 0 Å². The normalized spacial score (nSPS) is 22.7. The molecule has 1 unspecified atom stereocenters. The Morgan fingerprint density at radius 1 is 1.64 bits per heavy atom. The molecule has 1 aliphatic rings. The summed E-state index contributed by atoms with van der Waals surface area (Å²) < 4.78 is 4.91. The molecule has 1 saturated heterocycles. The molecule has 1 rings (SSSR count). The number of rotatable bonds is 4. The fourth-order valence-electron chi connectivity index (χ4n) is 1.44. The molecule has 1 N–H and O–H groups in total. The molecule has 82 valence electrons. The first-order valence-electron chi connectivity index (χ1n) is 4.84. The molecule has 0 aromatic rings. The molecule has 5 nitrogen and oxygen atoms in total. The smallest absolute Gasteiger partial charge is 0.410 e. The Hall–Kier alpha value is -0.810. The molecular weight excluding hydrogens is 184 g/mol. The minimum Gasteiger partial charge on any atom is -0.449 e. The molecule has 0 spiro atoms. The van der Waals surface area contributed by atoms with Crippen LogP contribution in [0.2, 0.25) is 0 Å². The number of likely N-dealkylation sites (N-methyl/N-ethyl adjacent to an activating group) is 1. The van der Waals surface area contributed by atoms with Crippen LogP contribution in [0.15, 0.2) is 0 Å². The average molecular weight is 202 g/mol. The van der Waals surface area contributed by atoms with Gasteiger partial charge in [0.2, 0.25) is 0 Å². The maximum atomic E-state index is 11.4. The number of hydrogen-bond donors (Lipinski definition) is 1. The molecule has 1 amide bonds. The lowest BCUT2D eigenvalue weighted by Crippen LogP contribution is -2.49. The van der Waals surface area contributed by atoms with Gasteiger partial charge in [-0.15, -0.1) is 0 Å². The molecule has 14 heavy (non-hydrogen) atoms. The number of ether oxygens (including phenoxy) is 1. The quantitative estimate of drug-likeness (QED) is 0.683. The van der Waals surface area contributed by atoms with E-state index in [-0.39, 0.29) is 18.7 Å². The van der Waals surface area contributed by atoms with E-state index in [1.165, 1.54) is 0 Å². The summed E-state index contributed by atoms with van der Waals surface area (Å²) in [6.07, 6.45) is 0.410. The van der Waals surface area contributed by atoms with Crippen LogP contribution in [0.5, 0.6) is 0 Å². The molecule has 1 heterocycles. The van der Waals surface area contributed by atoms with Crippen LogP contribution in [0.25, 0.3) is 0 Å². The highest BCUT2D eigenvalue weighted by Crippen LogP contribution is 2.12. The Morgan fingerprint density at radius 3 is 2.93 bits per heavy atom. The summed E-state index contributed by atoms with van der Waals surface area (Å²) in [5.41, 5.74) is 0. The summed E-state index contributed by atoms with van der Waals surface area (Å²) in [5.74, 6) is 0. The van der Waals surface area contributed by atoms with E-state index in [9.17, 15) is 4.79 Å².